The summed E-state index contributed by atoms with van der Waals surface area (Å²) in [4.78, 5) is 0. The molecule has 0 saturated heterocycles. The molecule has 0 radical (unpaired) electrons. The molecule has 23 heavy (non-hydrogen) atoms. The molecule has 0 saturated carbocycles. The molecule has 12 heteroatoms. The fraction of sp³-hybridized carbons (Fsp3) is 1.00. The second-order valence-electron chi connectivity index (χ2n) is 4.86. The smallest absolute Gasteiger partial charge is 0.377 e. The highest BCUT2D eigenvalue weighted by atomic mass is 32.2. The predicted molar refractivity (Wildman–Crippen MR) is 90.1 cm³/mol. The van der Waals surface area contributed by atoms with Crippen LogP contribution < -0.4 is 4.72 Å². The Morgan fingerprint density at radius 2 is 1.52 bits per heavy atom. The predicted octanol–water partition coefficient (Wildman–Crippen LogP) is -0.544. The summed E-state index contributed by atoms with van der Waals surface area (Å²) >= 11 is 0. The Bertz CT molecular complexity index is 526. The van der Waals surface area contributed by atoms with Gasteiger partial charge in [0.05, 0.1) is 12.0 Å². The number of hydrogen-bond acceptors (Lipinski definition) is 7. The third-order valence-electron chi connectivity index (χ3n) is 3.36. The number of hydrogen-bond donors (Lipinski definition) is 1. The lowest BCUT2D eigenvalue weighted by molar-refractivity contribution is 0.122. The van der Waals surface area contributed by atoms with Crippen LogP contribution >= 0.6 is 0 Å². The van der Waals surface area contributed by atoms with E-state index in [9.17, 15) is 16.8 Å². The number of nitrogens with one attached hydrogen (secondary N) is 1. The molecule has 0 aliphatic rings. The Kier molecular flexibility index (Phi) is 10.00. The van der Waals surface area contributed by atoms with Crippen LogP contribution in [0.1, 0.15) is 13.3 Å². The molecule has 0 bridgehead atoms. The summed E-state index contributed by atoms with van der Waals surface area (Å²) in [5.41, 5.74) is 0. The summed E-state index contributed by atoms with van der Waals surface area (Å²) in [7, 11) is -5.04. The van der Waals surface area contributed by atoms with Gasteiger partial charge in [0.25, 0.3) is 0 Å². The lowest BCUT2D eigenvalue weighted by Gasteiger charge is -2.26. The first-order valence-corrected chi connectivity index (χ1v) is 12.6. The monoisotopic (exact) mass is 392 g/mol. The lowest BCUT2D eigenvalue weighted by atomic mass is 10.4. The molecule has 1 N–H and O–H groups in total. The van der Waals surface area contributed by atoms with Crippen molar-refractivity contribution in [3.05, 3.63) is 0 Å². The highest BCUT2D eigenvalue weighted by molar-refractivity contribution is 7.89. The SMILES string of the molecule is CCS(=O)(=O)NCCN(CCC[Si](OC)(OC)OC)S(C)(=O)=O. The summed E-state index contributed by atoms with van der Waals surface area (Å²) < 4.78 is 65.7. The zero-order valence-corrected chi connectivity index (χ0v) is 17.0. The minimum Gasteiger partial charge on any atom is -0.377 e. The van der Waals surface area contributed by atoms with Gasteiger partial charge in [0.1, 0.15) is 0 Å². The molecule has 0 spiro atoms. The van der Waals surface area contributed by atoms with Gasteiger partial charge in [-0.05, 0) is 13.3 Å². The molecule has 0 aliphatic carbocycles. The van der Waals surface area contributed by atoms with E-state index in [1.165, 1.54) is 32.6 Å². The normalized spacial score (nSPS) is 13.7. The molecular weight excluding hydrogens is 364 g/mol. The largest absolute Gasteiger partial charge is 0.500 e. The summed E-state index contributed by atoms with van der Waals surface area (Å²) in [6, 6.07) is 0.462. The fourth-order valence-corrected chi connectivity index (χ4v) is 5.09. The van der Waals surface area contributed by atoms with Gasteiger partial charge in [-0.2, -0.15) is 0 Å². The van der Waals surface area contributed by atoms with E-state index in [1.54, 1.807) is 0 Å². The summed E-state index contributed by atoms with van der Waals surface area (Å²) in [5, 5.41) is 0. The molecule has 0 aromatic heterocycles. The Morgan fingerprint density at radius 3 is 1.91 bits per heavy atom. The zero-order valence-electron chi connectivity index (χ0n) is 14.4. The Hall–Kier alpha value is -0.0831. The van der Waals surface area contributed by atoms with Crippen molar-refractivity contribution in [2.24, 2.45) is 0 Å². The van der Waals surface area contributed by atoms with Crippen LogP contribution in [0.15, 0.2) is 0 Å². The Balaban J connectivity index is 4.60. The number of sulfonamides is 2. The van der Waals surface area contributed by atoms with Crippen molar-refractivity contribution in [2.45, 2.75) is 19.4 Å². The van der Waals surface area contributed by atoms with Gasteiger partial charge in [-0.25, -0.2) is 25.9 Å². The molecule has 0 rings (SSSR count). The van der Waals surface area contributed by atoms with Crippen molar-refractivity contribution in [1.29, 1.82) is 0 Å². The van der Waals surface area contributed by atoms with Crippen molar-refractivity contribution >= 4 is 28.9 Å². The fourth-order valence-electron chi connectivity index (χ4n) is 1.90. The van der Waals surface area contributed by atoms with Gasteiger partial charge in [-0.3, -0.25) is 0 Å². The maximum atomic E-state index is 11.8. The van der Waals surface area contributed by atoms with Gasteiger partial charge in [-0.1, -0.05) is 0 Å². The molecule has 0 heterocycles. The van der Waals surface area contributed by atoms with Crippen LogP contribution in [0.3, 0.4) is 0 Å². The minimum atomic E-state index is -3.44. The first kappa shape index (κ1) is 22.9. The van der Waals surface area contributed by atoms with Crippen molar-refractivity contribution in [3.8, 4) is 0 Å². The van der Waals surface area contributed by atoms with E-state index < -0.39 is 28.9 Å². The van der Waals surface area contributed by atoms with E-state index in [0.29, 0.717) is 12.5 Å². The highest BCUT2D eigenvalue weighted by Crippen LogP contribution is 2.15. The van der Waals surface area contributed by atoms with Crippen LogP contribution in [-0.2, 0) is 33.3 Å². The van der Waals surface area contributed by atoms with Gasteiger partial charge in [0.2, 0.25) is 20.0 Å². The summed E-state index contributed by atoms with van der Waals surface area (Å²) in [5.74, 6) is -0.0461. The second kappa shape index (κ2) is 10.0. The average Bonchev–Trinajstić information content (AvgIpc) is 2.49. The number of rotatable bonds is 13. The van der Waals surface area contributed by atoms with Gasteiger partial charge >= 0.3 is 8.80 Å². The van der Waals surface area contributed by atoms with Gasteiger partial charge in [-0.15, -0.1) is 0 Å². The second-order valence-corrected chi connectivity index (χ2v) is 12.0. The Labute approximate surface area is 140 Å². The third kappa shape index (κ3) is 8.53. The van der Waals surface area contributed by atoms with E-state index >= 15 is 0 Å². The van der Waals surface area contributed by atoms with Crippen molar-refractivity contribution in [1.82, 2.24) is 9.03 Å². The van der Waals surface area contributed by atoms with E-state index in [1.807, 2.05) is 0 Å². The van der Waals surface area contributed by atoms with E-state index in [2.05, 4.69) is 4.72 Å². The molecule has 0 amide bonds. The molecule has 0 aromatic rings. The van der Waals surface area contributed by atoms with Crippen LogP contribution in [0, 0.1) is 0 Å². The van der Waals surface area contributed by atoms with Crippen LogP contribution in [-0.4, -0.2) is 82.9 Å². The molecule has 140 valence electrons. The Morgan fingerprint density at radius 1 is 1.00 bits per heavy atom. The number of nitrogens with zero attached hydrogens (tertiary/aromatic N) is 1. The highest BCUT2D eigenvalue weighted by Gasteiger charge is 2.37. The van der Waals surface area contributed by atoms with Crippen LogP contribution in [0.25, 0.3) is 0 Å². The molecule has 0 atom stereocenters. The van der Waals surface area contributed by atoms with Gasteiger partial charge in [0.15, 0.2) is 0 Å². The lowest BCUT2D eigenvalue weighted by Crippen LogP contribution is -2.44. The van der Waals surface area contributed by atoms with Crippen LogP contribution in [0.2, 0.25) is 6.04 Å². The topological polar surface area (TPSA) is 111 Å². The van der Waals surface area contributed by atoms with E-state index in [0.717, 1.165) is 6.26 Å². The van der Waals surface area contributed by atoms with Crippen molar-refractivity contribution < 1.29 is 30.1 Å². The minimum absolute atomic E-state index is 0.0324. The van der Waals surface area contributed by atoms with Crippen molar-refractivity contribution in [3.63, 3.8) is 0 Å². The molecule has 0 aromatic carbocycles. The molecular formula is C11H28N2O7S2Si. The maximum Gasteiger partial charge on any atom is 0.500 e. The summed E-state index contributed by atoms with van der Waals surface area (Å²) in [6.07, 6.45) is 1.57. The molecule has 0 aliphatic heterocycles. The quantitative estimate of drug-likeness (QED) is 0.419. The van der Waals surface area contributed by atoms with Gasteiger partial charge in [0, 0.05) is 47.0 Å². The van der Waals surface area contributed by atoms with Crippen LogP contribution in [0.5, 0.6) is 0 Å². The molecule has 0 fully saturated rings. The van der Waals surface area contributed by atoms with E-state index in [-0.39, 0.29) is 25.4 Å². The van der Waals surface area contributed by atoms with Crippen molar-refractivity contribution in [2.75, 3.05) is 53.0 Å². The third-order valence-corrected chi connectivity index (χ3v) is 8.89. The first-order chi connectivity index (χ1) is 10.6. The molecule has 0 unspecified atom stereocenters. The average molecular weight is 393 g/mol. The van der Waals surface area contributed by atoms with Crippen LogP contribution in [0.4, 0.5) is 0 Å². The van der Waals surface area contributed by atoms with Gasteiger partial charge < -0.3 is 13.3 Å². The zero-order chi connectivity index (χ0) is 18.1. The first-order valence-electron chi connectivity index (χ1n) is 7.13. The molecule has 9 nitrogen and oxygen atoms in total. The maximum absolute atomic E-state index is 11.8. The van der Waals surface area contributed by atoms with E-state index in [4.69, 9.17) is 13.3 Å². The standard InChI is InChI=1S/C11H28N2O7S2Si/c1-6-22(16,17)12-8-10-13(21(5,14)15)9-7-11-23(18-2,19-3)20-4/h12H,6-11H2,1-5H3. The summed E-state index contributed by atoms with van der Waals surface area (Å²) in [6.45, 7) is 1.85.